The van der Waals surface area contributed by atoms with Crippen molar-refractivity contribution in [1.82, 2.24) is 14.8 Å². The number of aromatic nitrogens is 1. The van der Waals surface area contributed by atoms with Crippen LogP contribution in [-0.4, -0.2) is 54.2 Å². The minimum Gasteiger partial charge on any atom is -0.493 e. The predicted molar refractivity (Wildman–Crippen MR) is 142 cm³/mol. The van der Waals surface area contributed by atoms with Gasteiger partial charge in [-0.05, 0) is 56.2 Å². The molecule has 2 amide bonds. The third-order valence-electron chi connectivity index (χ3n) is 7.82. The van der Waals surface area contributed by atoms with Gasteiger partial charge in [-0.15, -0.1) is 0 Å². The van der Waals surface area contributed by atoms with Gasteiger partial charge in [0, 0.05) is 11.6 Å². The number of furan rings is 1. The summed E-state index contributed by atoms with van der Waals surface area (Å²) in [5.41, 5.74) is 0.804. The van der Waals surface area contributed by atoms with E-state index in [-0.39, 0.29) is 30.9 Å². The van der Waals surface area contributed by atoms with Gasteiger partial charge in [-0.1, -0.05) is 19.3 Å². The smallest absolute Gasteiger partial charge is 0.271 e. The lowest BCUT2D eigenvalue weighted by molar-refractivity contribution is -0.134. The Bertz CT molecular complexity index is 1310. The largest absolute Gasteiger partial charge is 0.493 e. The van der Waals surface area contributed by atoms with Crippen molar-refractivity contribution in [2.45, 2.75) is 63.7 Å². The standard InChI is InChI=1S/C29H35N3O6/c1-29(28(34)30-20-9-6-5-7-10-20)18-31-21(23-11-8-16-38-23)13-14-22(31)27(33)32(29)17-19-12-15-24(35-2)26(37-4)25(19)36-3/h8,11-16,20H,5-7,9-10,17-18H2,1-4H3,(H,30,34)/t29-/m0/s1. The van der Waals surface area contributed by atoms with Gasteiger partial charge in [-0.3, -0.25) is 9.59 Å². The molecule has 0 saturated heterocycles. The van der Waals surface area contributed by atoms with Gasteiger partial charge in [-0.2, -0.15) is 0 Å². The van der Waals surface area contributed by atoms with Crippen molar-refractivity contribution < 1.29 is 28.2 Å². The van der Waals surface area contributed by atoms with Gasteiger partial charge < -0.3 is 33.4 Å². The fourth-order valence-corrected chi connectivity index (χ4v) is 5.71. The van der Waals surface area contributed by atoms with Crippen LogP contribution in [0.3, 0.4) is 0 Å². The van der Waals surface area contributed by atoms with Gasteiger partial charge in [0.25, 0.3) is 5.91 Å². The monoisotopic (exact) mass is 521 g/mol. The molecule has 3 aromatic rings. The number of nitrogens with zero attached hydrogens (tertiary/aromatic N) is 2. The van der Waals surface area contributed by atoms with E-state index in [4.69, 9.17) is 18.6 Å². The molecule has 38 heavy (non-hydrogen) atoms. The highest BCUT2D eigenvalue weighted by atomic mass is 16.5. The van der Waals surface area contributed by atoms with Gasteiger partial charge in [0.15, 0.2) is 11.5 Å². The highest BCUT2D eigenvalue weighted by Crippen LogP contribution is 2.42. The number of nitrogens with one attached hydrogen (secondary N) is 1. The summed E-state index contributed by atoms with van der Waals surface area (Å²) >= 11 is 0. The van der Waals surface area contributed by atoms with Crippen molar-refractivity contribution in [2.24, 2.45) is 0 Å². The third kappa shape index (κ3) is 4.40. The Morgan fingerprint density at radius 3 is 2.39 bits per heavy atom. The molecule has 2 aliphatic rings. The number of fused-ring (bicyclic) bond motifs is 1. The predicted octanol–water partition coefficient (Wildman–Crippen LogP) is 4.64. The van der Waals surface area contributed by atoms with Crippen molar-refractivity contribution in [3.63, 3.8) is 0 Å². The fourth-order valence-electron chi connectivity index (χ4n) is 5.71. The second-order valence-corrected chi connectivity index (χ2v) is 10.1. The Morgan fingerprint density at radius 1 is 1.00 bits per heavy atom. The van der Waals surface area contributed by atoms with Crippen LogP contribution in [0.4, 0.5) is 0 Å². The number of benzene rings is 1. The van der Waals surface area contributed by atoms with Gasteiger partial charge >= 0.3 is 0 Å². The van der Waals surface area contributed by atoms with Gasteiger partial charge in [0.2, 0.25) is 11.7 Å². The fraction of sp³-hybridized carbons (Fsp3) is 0.448. The molecule has 5 rings (SSSR count). The summed E-state index contributed by atoms with van der Waals surface area (Å²) in [6, 6.07) is 11.1. The first-order valence-corrected chi connectivity index (χ1v) is 13.1. The summed E-state index contributed by atoms with van der Waals surface area (Å²) in [6.45, 7) is 2.27. The van der Waals surface area contributed by atoms with Crippen LogP contribution in [0.1, 0.15) is 55.1 Å². The molecule has 0 unspecified atom stereocenters. The molecule has 202 valence electrons. The minimum atomic E-state index is -1.17. The van der Waals surface area contributed by atoms with E-state index in [9.17, 15) is 9.59 Å². The summed E-state index contributed by atoms with van der Waals surface area (Å²) in [4.78, 5) is 29.8. The number of hydrogen-bond donors (Lipinski definition) is 1. The topological polar surface area (TPSA) is 95.2 Å². The molecule has 0 bridgehead atoms. The van der Waals surface area contributed by atoms with Crippen molar-refractivity contribution in [3.8, 4) is 28.7 Å². The normalized spacial score (nSPS) is 19.7. The number of rotatable bonds is 8. The first-order valence-electron chi connectivity index (χ1n) is 13.1. The van der Waals surface area contributed by atoms with E-state index < -0.39 is 5.54 Å². The van der Waals surface area contributed by atoms with Crippen LogP contribution in [0.5, 0.6) is 17.2 Å². The molecule has 1 N–H and O–H groups in total. The number of ether oxygens (including phenoxy) is 3. The number of amides is 2. The number of carbonyl (C=O) groups is 2. The van der Waals surface area contributed by atoms with Crippen LogP contribution in [0.15, 0.2) is 47.1 Å². The molecule has 0 spiro atoms. The zero-order chi connectivity index (χ0) is 26.9. The van der Waals surface area contributed by atoms with Gasteiger partial charge in [0.1, 0.15) is 17.0 Å². The van der Waals surface area contributed by atoms with Crippen LogP contribution in [0, 0.1) is 0 Å². The minimum absolute atomic E-state index is 0.108. The van der Waals surface area contributed by atoms with E-state index in [0.29, 0.717) is 34.3 Å². The Kier molecular flexibility index (Phi) is 7.10. The maximum absolute atomic E-state index is 14.1. The third-order valence-corrected chi connectivity index (χ3v) is 7.82. The lowest BCUT2D eigenvalue weighted by Crippen LogP contribution is -2.64. The Balaban J connectivity index is 1.57. The van der Waals surface area contributed by atoms with Crippen LogP contribution in [0.2, 0.25) is 0 Å². The van der Waals surface area contributed by atoms with Crippen molar-refractivity contribution in [1.29, 1.82) is 0 Å². The summed E-state index contributed by atoms with van der Waals surface area (Å²) in [6.07, 6.45) is 6.88. The molecule has 1 aromatic carbocycles. The second kappa shape index (κ2) is 10.5. The van der Waals surface area contributed by atoms with Crippen molar-refractivity contribution >= 4 is 11.8 Å². The zero-order valence-electron chi connectivity index (χ0n) is 22.4. The molecule has 1 fully saturated rings. The van der Waals surface area contributed by atoms with E-state index in [2.05, 4.69) is 5.32 Å². The van der Waals surface area contributed by atoms with Gasteiger partial charge in [0.05, 0.1) is 46.4 Å². The highest BCUT2D eigenvalue weighted by Gasteiger charge is 2.48. The van der Waals surface area contributed by atoms with Gasteiger partial charge in [-0.25, -0.2) is 0 Å². The van der Waals surface area contributed by atoms with E-state index in [1.165, 1.54) is 6.42 Å². The first kappa shape index (κ1) is 25.8. The quantitative estimate of drug-likeness (QED) is 0.464. The average Bonchev–Trinajstić information content (AvgIpc) is 3.61. The molecule has 1 atom stereocenters. The average molecular weight is 522 g/mol. The molecular weight excluding hydrogens is 486 g/mol. The SMILES string of the molecule is COc1ccc(CN2C(=O)c3ccc(-c4ccco4)n3C[C@@]2(C)C(=O)NC2CCCCC2)c(OC)c1OC. The molecule has 1 saturated carbocycles. The summed E-state index contributed by atoms with van der Waals surface area (Å²) < 4.78 is 24.2. The Labute approximate surface area is 222 Å². The summed E-state index contributed by atoms with van der Waals surface area (Å²) in [7, 11) is 4.65. The molecular formula is C29H35N3O6. The van der Waals surface area contributed by atoms with E-state index in [1.807, 2.05) is 35.8 Å². The molecule has 9 heteroatoms. The lowest BCUT2D eigenvalue weighted by atomic mass is 9.91. The van der Waals surface area contributed by atoms with Crippen molar-refractivity contribution in [2.75, 3.05) is 21.3 Å². The highest BCUT2D eigenvalue weighted by molar-refractivity contribution is 6.00. The zero-order valence-corrected chi connectivity index (χ0v) is 22.4. The Morgan fingerprint density at radius 2 is 1.74 bits per heavy atom. The van der Waals surface area contributed by atoms with Crippen LogP contribution < -0.4 is 19.5 Å². The van der Waals surface area contributed by atoms with E-state index >= 15 is 0 Å². The summed E-state index contributed by atoms with van der Waals surface area (Å²) in [5, 5.41) is 3.27. The summed E-state index contributed by atoms with van der Waals surface area (Å²) in [5.74, 6) is 1.66. The molecule has 0 radical (unpaired) electrons. The van der Waals surface area contributed by atoms with Crippen LogP contribution in [-0.2, 0) is 17.9 Å². The van der Waals surface area contributed by atoms with Crippen LogP contribution in [0.25, 0.3) is 11.5 Å². The molecule has 1 aliphatic heterocycles. The molecule has 2 aromatic heterocycles. The Hall–Kier alpha value is -3.88. The maximum atomic E-state index is 14.1. The maximum Gasteiger partial charge on any atom is 0.271 e. The molecule has 1 aliphatic carbocycles. The first-order chi connectivity index (χ1) is 18.4. The lowest BCUT2D eigenvalue weighted by Gasteiger charge is -2.45. The van der Waals surface area contributed by atoms with Crippen molar-refractivity contribution in [3.05, 3.63) is 53.9 Å². The van der Waals surface area contributed by atoms with Crippen LogP contribution >= 0.6 is 0 Å². The van der Waals surface area contributed by atoms with E-state index in [0.717, 1.165) is 31.4 Å². The number of methoxy groups -OCH3 is 3. The number of hydrogen-bond acceptors (Lipinski definition) is 6. The van der Waals surface area contributed by atoms with E-state index in [1.54, 1.807) is 44.6 Å². The second-order valence-electron chi connectivity index (χ2n) is 10.1. The number of carbonyl (C=O) groups excluding carboxylic acids is 2. The molecule has 3 heterocycles. The molecule has 9 nitrogen and oxygen atoms in total.